The monoisotopic (exact) mass is 335 g/mol. The lowest BCUT2D eigenvalue weighted by molar-refractivity contribution is 0.457. The number of rotatable bonds is 4. The van der Waals surface area contributed by atoms with Gasteiger partial charge in [0.25, 0.3) is 0 Å². The summed E-state index contributed by atoms with van der Waals surface area (Å²) in [5.41, 5.74) is 1.12. The molecule has 1 N–H and O–H groups in total. The van der Waals surface area contributed by atoms with Crippen LogP contribution < -0.4 is 10.1 Å². The molecule has 0 unspecified atom stereocenters. The van der Waals surface area contributed by atoms with Crippen LogP contribution >= 0.6 is 15.9 Å². The van der Waals surface area contributed by atoms with Crippen LogP contribution in [0.15, 0.2) is 28.7 Å². The highest BCUT2D eigenvalue weighted by atomic mass is 79.9. The number of anilines is 1. The molecule has 0 aliphatic heterocycles. The van der Waals surface area contributed by atoms with Crippen LogP contribution in [0.2, 0.25) is 0 Å². The predicted molar refractivity (Wildman–Crippen MR) is 84.6 cm³/mol. The lowest BCUT2D eigenvalue weighted by atomic mass is 10.2. The first-order valence-electron chi connectivity index (χ1n) is 6.50. The number of halogens is 1. The zero-order valence-corrected chi connectivity index (χ0v) is 13.7. The molecular weight excluding hydrogens is 318 g/mol. The third-order valence-corrected chi connectivity index (χ3v) is 3.73. The Morgan fingerprint density at radius 3 is 2.55 bits per heavy atom. The molecule has 0 atom stereocenters. The van der Waals surface area contributed by atoms with E-state index >= 15 is 0 Å². The first kappa shape index (κ1) is 14.8. The Balaban J connectivity index is 2.32. The van der Waals surface area contributed by atoms with E-state index in [0.29, 0.717) is 5.88 Å². The van der Waals surface area contributed by atoms with Crippen LogP contribution in [0.4, 0.5) is 5.82 Å². The summed E-state index contributed by atoms with van der Waals surface area (Å²) in [7, 11) is 1.83. The normalized spacial score (nSPS) is 10.7. The molecule has 0 saturated heterocycles. The van der Waals surface area contributed by atoms with Gasteiger partial charge in [-0.3, -0.25) is 0 Å². The van der Waals surface area contributed by atoms with E-state index in [9.17, 15) is 0 Å². The number of ether oxygens (including phenoxy) is 1. The third-order valence-electron chi connectivity index (χ3n) is 2.84. The highest BCUT2D eigenvalue weighted by Crippen LogP contribution is 2.27. The third kappa shape index (κ3) is 3.48. The van der Waals surface area contributed by atoms with Gasteiger partial charge in [-0.25, -0.2) is 4.98 Å². The summed E-state index contributed by atoms with van der Waals surface area (Å²) in [6.45, 7) is 6.14. The van der Waals surface area contributed by atoms with Crippen molar-refractivity contribution in [3.05, 3.63) is 40.1 Å². The molecule has 0 spiro atoms. The Bertz CT molecular complexity index is 614. The molecule has 0 amide bonds. The summed E-state index contributed by atoms with van der Waals surface area (Å²) in [5.74, 6) is 3.08. The van der Waals surface area contributed by atoms with Gasteiger partial charge in [-0.1, -0.05) is 29.8 Å². The molecule has 2 aromatic rings. The van der Waals surface area contributed by atoms with Crippen molar-refractivity contribution >= 4 is 21.7 Å². The smallest absolute Gasteiger partial charge is 0.224 e. The van der Waals surface area contributed by atoms with E-state index in [4.69, 9.17) is 4.74 Å². The minimum absolute atomic E-state index is 0.248. The first-order valence-corrected chi connectivity index (χ1v) is 7.29. The first-order chi connectivity index (χ1) is 9.49. The summed E-state index contributed by atoms with van der Waals surface area (Å²) in [6.07, 6.45) is 0. The molecule has 0 saturated carbocycles. The number of hydrogen-bond donors (Lipinski definition) is 1. The molecule has 1 heterocycles. The molecule has 2 rings (SSSR count). The minimum Gasteiger partial charge on any atom is -0.439 e. The highest BCUT2D eigenvalue weighted by Gasteiger charge is 2.09. The van der Waals surface area contributed by atoms with Gasteiger partial charge in [0, 0.05) is 23.5 Å². The predicted octanol–water partition coefficient (Wildman–Crippen LogP) is 4.50. The second kappa shape index (κ2) is 6.22. The van der Waals surface area contributed by atoms with Crippen LogP contribution in [0.25, 0.3) is 0 Å². The van der Waals surface area contributed by atoms with Crippen LogP contribution in [-0.4, -0.2) is 17.0 Å². The van der Waals surface area contributed by atoms with Gasteiger partial charge < -0.3 is 10.1 Å². The van der Waals surface area contributed by atoms with Gasteiger partial charge in [-0.15, -0.1) is 0 Å². The summed E-state index contributed by atoms with van der Waals surface area (Å²) >= 11 is 3.48. The van der Waals surface area contributed by atoms with E-state index < -0.39 is 0 Å². The van der Waals surface area contributed by atoms with Crippen molar-refractivity contribution in [2.24, 2.45) is 0 Å². The fourth-order valence-electron chi connectivity index (χ4n) is 1.68. The van der Waals surface area contributed by atoms with Gasteiger partial charge in [0.1, 0.15) is 17.4 Å². The quantitative estimate of drug-likeness (QED) is 0.893. The number of aryl methyl sites for hydroxylation is 1. The van der Waals surface area contributed by atoms with Crippen molar-refractivity contribution in [1.82, 2.24) is 9.97 Å². The molecule has 106 valence electrons. The van der Waals surface area contributed by atoms with Crippen molar-refractivity contribution in [2.75, 3.05) is 12.4 Å². The van der Waals surface area contributed by atoms with E-state index in [1.54, 1.807) is 6.07 Å². The van der Waals surface area contributed by atoms with Crippen molar-refractivity contribution < 1.29 is 4.74 Å². The highest BCUT2D eigenvalue weighted by molar-refractivity contribution is 9.10. The molecule has 0 aliphatic rings. The van der Waals surface area contributed by atoms with E-state index in [-0.39, 0.29) is 5.92 Å². The summed E-state index contributed by atoms with van der Waals surface area (Å²) < 4.78 is 6.90. The second-order valence-electron chi connectivity index (χ2n) is 4.87. The maximum absolute atomic E-state index is 5.84. The average Bonchev–Trinajstić information content (AvgIpc) is 2.42. The molecule has 0 bridgehead atoms. The Kier molecular flexibility index (Phi) is 4.60. The Hall–Kier alpha value is -1.62. The lowest BCUT2D eigenvalue weighted by Crippen LogP contribution is -2.03. The van der Waals surface area contributed by atoms with Gasteiger partial charge in [-0.05, 0) is 30.7 Å². The number of hydrogen-bond acceptors (Lipinski definition) is 4. The van der Waals surface area contributed by atoms with Crippen LogP contribution in [0.1, 0.15) is 31.2 Å². The molecule has 0 aliphatic carbocycles. The van der Waals surface area contributed by atoms with Gasteiger partial charge in [0.05, 0.1) is 0 Å². The Labute approximate surface area is 127 Å². The van der Waals surface area contributed by atoms with Crippen LogP contribution in [0.3, 0.4) is 0 Å². The van der Waals surface area contributed by atoms with E-state index in [0.717, 1.165) is 27.4 Å². The zero-order valence-electron chi connectivity index (χ0n) is 12.1. The largest absolute Gasteiger partial charge is 0.439 e. The number of nitrogens with one attached hydrogen (secondary N) is 1. The summed E-state index contributed by atoms with van der Waals surface area (Å²) in [6, 6.07) is 7.64. The van der Waals surface area contributed by atoms with E-state index in [1.165, 1.54) is 0 Å². The number of aromatic nitrogens is 2. The maximum Gasteiger partial charge on any atom is 0.224 e. The van der Waals surface area contributed by atoms with Crippen molar-refractivity contribution in [1.29, 1.82) is 0 Å². The molecule has 4 nitrogen and oxygen atoms in total. The molecule has 20 heavy (non-hydrogen) atoms. The van der Waals surface area contributed by atoms with E-state index in [2.05, 4.69) is 45.1 Å². The van der Waals surface area contributed by atoms with Gasteiger partial charge >= 0.3 is 0 Å². The molecular formula is C15H18BrN3O. The van der Waals surface area contributed by atoms with Crippen LogP contribution in [0.5, 0.6) is 11.6 Å². The van der Waals surface area contributed by atoms with Crippen molar-refractivity contribution in [2.45, 2.75) is 26.7 Å². The average molecular weight is 336 g/mol. The minimum atomic E-state index is 0.248. The number of benzene rings is 1. The second-order valence-corrected chi connectivity index (χ2v) is 5.72. The fourth-order valence-corrected chi connectivity index (χ4v) is 1.93. The Morgan fingerprint density at radius 1 is 1.20 bits per heavy atom. The number of nitrogens with zero attached hydrogens (tertiary/aromatic N) is 2. The van der Waals surface area contributed by atoms with Crippen molar-refractivity contribution in [3.63, 3.8) is 0 Å². The van der Waals surface area contributed by atoms with Crippen molar-refractivity contribution in [3.8, 4) is 11.6 Å². The molecule has 1 aromatic heterocycles. The van der Waals surface area contributed by atoms with Crippen LogP contribution in [-0.2, 0) is 0 Å². The van der Waals surface area contributed by atoms with Gasteiger partial charge in [0.2, 0.25) is 5.88 Å². The molecule has 5 heteroatoms. The summed E-state index contributed by atoms with van der Waals surface area (Å²) in [4.78, 5) is 8.86. The van der Waals surface area contributed by atoms with Gasteiger partial charge in [0.15, 0.2) is 0 Å². The summed E-state index contributed by atoms with van der Waals surface area (Å²) in [5, 5.41) is 3.03. The molecule has 1 aromatic carbocycles. The topological polar surface area (TPSA) is 47.0 Å². The standard InChI is InChI=1S/C15H18BrN3O/c1-9(2)15-18-13(17-4)8-14(19-15)20-11-5-6-12(16)10(3)7-11/h5-9H,1-4H3,(H,17,18,19). The fraction of sp³-hybridized carbons (Fsp3) is 0.333. The SMILES string of the molecule is CNc1cc(Oc2ccc(Br)c(C)c2)nc(C(C)C)n1. The molecule has 0 fully saturated rings. The molecule has 0 radical (unpaired) electrons. The Morgan fingerprint density at radius 2 is 1.95 bits per heavy atom. The van der Waals surface area contributed by atoms with Gasteiger partial charge in [-0.2, -0.15) is 4.98 Å². The van der Waals surface area contributed by atoms with E-state index in [1.807, 2.05) is 32.2 Å². The zero-order chi connectivity index (χ0) is 14.7. The van der Waals surface area contributed by atoms with Crippen LogP contribution in [0, 0.1) is 6.92 Å². The maximum atomic E-state index is 5.84. The lowest BCUT2D eigenvalue weighted by Gasteiger charge is -2.11.